The fraction of sp³-hybridized carbons (Fsp3) is 0.750. The second-order valence-electron chi connectivity index (χ2n) is 2.95. The molecule has 5 heteroatoms. The van der Waals surface area contributed by atoms with Crippen molar-refractivity contribution in [2.45, 2.75) is 18.9 Å². The molecule has 5 nitrogen and oxygen atoms in total. The van der Waals surface area contributed by atoms with Gasteiger partial charge in [0.05, 0.1) is 0 Å². The van der Waals surface area contributed by atoms with Crippen LogP contribution in [0.15, 0.2) is 4.99 Å². The summed E-state index contributed by atoms with van der Waals surface area (Å²) in [6, 6.07) is -0.943. The Morgan fingerprint density at radius 1 is 1.54 bits per heavy atom. The van der Waals surface area contributed by atoms with Gasteiger partial charge in [-0.1, -0.05) is 0 Å². The van der Waals surface area contributed by atoms with E-state index in [4.69, 9.17) is 9.84 Å². The Labute approximate surface area is 75.4 Å². The fourth-order valence-corrected chi connectivity index (χ4v) is 1.45. The van der Waals surface area contributed by atoms with Crippen molar-refractivity contribution in [2.75, 3.05) is 13.2 Å². The lowest BCUT2D eigenvalue weighted by Crippen LogP contribution is -2.32. The minimum absolute atomic E-state index is 0.0901. The summed E-state index contributed by atoms with van der Waals surface area (Å²) in [5.74, 6) is -1.15. The van der Waals surface area contributed by atoms with E-state index in [0.29, 0.717) is 26.1 Å². The summed E-state index contributed by atoms with van der Waals surface area (Å²) >= 11 is 0. The van der Waals surface area contributed by atoms with Gasteiger partial charge in [-0.2, -0.15) is 4.99 Å². The van der Waals surface area contributed by atoms with Crippen LogP contribution in [0.1, 0.15) is 12.8 Å². The molecule has 1 atom stereocenters. The van der Waals surface area contributed by atoms with Crippen molar-refractivity contribution in [3.63, 3.8) is 0 Å². The third-order valence-electron chi connectivity index (χ3n) is 2.16. The van der Waals surface area contributed by atoms with Crippen LogP contribution in [0.5, 0.6) is 0 Å². The van der Waals surface area contributed by atoms with Crippen LogP contribution in [0.4, 0.5) is 0 Å². The van der Waals surface area contributed by atoms with Gasteiger partial charge < -0.3 is 9.84 Å². The normalized spacial score (nSPS) is 20.3. The lowest BCUT2D eigenvalue weighted by atomic mass is 9.92. The molecule has 1 N–H and O–H groups in total. The van der Waals surface area contributed by atoms with Crippen LogP contribution in [0.25, 0.3) is 0 Å². The van der Waals surface area contributed by atoms with Gasteiger partial charge in [-0.15, -0.1) is 0 Å². The van der Waals surface area contributed by atoms with Crippen LogP contribution < -0.4 is 0 Å². The fourth-order valence-electron chi connectivity index (χ4n) is 1.45. The van der Waals surface area contributed by atoms with Gasteiger partial charge in [0.15, 0.2) is 6.04 Å². The number of aliphatic carboxylic acids is 1. The molecule has 0 aliphatic carbocycles. The van der Waals surface area contributed by atoms with E-state index < -0.39 is 12.0 Å². The third kappa shape index (κ3) is 2.65. The van der Waals surface area contributed by atoms with Crippen molar-refractivity contribution in [2.24, 2.45) is 10.9 Å². The minimum Gasteiger partial charge on any atom is -0.480 e. The van der Waals surface area contributed by atoms with Gasteiger partial charge >= 0.3 is 5.97 Å². The number of carboxylic acids is 1. The highest BCUT2D eigenvalue weighted by molar-refractivity contribution is 5.75. The van der Waals surface area contributed by atoms with E-state index in [2.05, 4.69) is 4.99 Å². The van der Waals surface area contributed by atoms with Crippen LogP contribution in [0, 0.1) is 5.92 Å². The first-order chi connectivity index (χ1) is 6.25. The van der Waals surface area contributed by atoms with Crippen LogP contribution in [0.3, 0.4) is 0 Å². The summed E-state index contributed by atoms with van der Waals surface area (Å²) in [6.07, 6.45) is 2.58. The molecular formula is C8H11NO4. The molecule has 0 spiro atoms. The maximum Gasteiger partial charge on any atom is 0.329 e. The highest BCUT2D eigenvalue weighted by Gasteiger charge is 2.29. The molecule has 0 aromatic rings. The Hall–Kier alpha value is -1.19. The number of ether oxygens (including phenoxy) is 1. The molecule has 13 heavy (non-hydrogen) atoms. The second-order valence-corrected chi connectivity index (χ2v) is 2.95. The van der Waals surface area contributed by atoms with Gasteiger partial charge in [0.2, 0.25) is 6.08 Å². The van der Waals surface area contributed by atoms with Crippen molar-refractivity contribution < 1.29 is 19.4 Å². The highest BCUT2D eigenvalue weighted by Crippen LogP contribution is 2.20. The number of rotatable bonds is 3. The molecule has 1 aliphatic heterocycles. The van der Waals surface area contributed by atoms with Crippen molar-refractivity contribution in [1.82, 2.24) is 0 Å². The van der Waals surface area contributed by atoms with Crippen molar-refractivity contribution >= 4 is 12.0 Å². The number of carbonyl (C=O) groups is 1. The van der Waals surface area contributed by atoms with E-state index in [9.17, 15) is 9.59 Å². The smallest absolute Gasteiger partial charge is 0.329 e. The first kappa shape index (κ1) is 9.89. The number of aliphatic imine (C=N–C) groups is 1. The zero-order chi connectivity index (χ0) is 9.68. The summed E-state index contributed by atoms with van der Waals surface area (Å²) in [5.41, 5.74) is 0. The molecule has 0 bridgehead atoms. The van der Waals surface area contributed by atoms with Gasteiger partial charge in [-0.25, -0.2) is 9.59 Å². The van der Waals surface area contributed by atoms with Crippen LogP contribution in [-0.4, -0.2) is 36.4 Å². The molecular weight excluding hydrogens is 174 g/mol. The monoisotopic (exact) mass is 185 g/mol. The zero-order valence-corrected chi connectivity index (χ0v) is 7.10. The average Bonchev–Trinajstić information content (AvgIpc) is 2.15. The average molecular weight is 185 g/mol. The predicted molar refractivity (Wildman–Crippen MR) is 43.1 cm³/mol. The van der Waals surface area contributed by atoms with Gasteiger partial charge in [0.25, 0.3) is 0 Å². The van der Waals surface area contributed by atoms with Crippen molar-refractivity contribution in [1.29, 1.82) is 0 Å². The lowest BCUT2D eigenvalue weighted by molar-refractivity contribution is -0.140. The van der Waals surface area contributed by atoms with Gasteiger partial charge in [0.1, 0.15) is 0 Å². The van der Waals surface area contributed by atoms with E-state index in [1.54, 1.807) is 0 Å². The number of carboxylic acid groups (broad SMARTS) is 1. The van der Waals surface area contributed by atoms with E-state index in [0.717, 1.165) is 0 Å². The molecule has 1 fully saturated rings. The number of carbonyl (C=O) groups excluding carboxylic acids is 1. The first-order valence-electron chi connectivity index (χ1n) is 4.13. The Morgan fingerprint density at radius 2 is 2.15 bits per heavy atom. The van der Waals surface area contributed by atoms with Crippen LogP contribution >= 0.6 is 0 Å². The molecule has 0 aromatic carbocycles. The predicted octanol–water partition coefficient (Wildman–Crippen LogP) is 0.202. The van der Waals surface area contributed by atoms with E-state index >= 15 is 0 Å². The number of hydrogen-bond donors (Lipinski definition) is 1. The maximum absolute atomic E-state index is 10.7. The first-order valence-corrected chi connectivity index (χ1v) is 4.13. The van der Waals surface area contributed by atoms with Gasteiger partial charge in [0, 0.05) is 13.2 Å². The Kier molecular flexibility index (Phi) is 3.61. The summed E-state index contributed by atoms with van der Waals surface area (Å²) in [6.45, 7) is 1.09. The summed E-state index contributed by atoms with van der Waals surface area (Å²) in [4.78, 5) is 23.9. The summed E-state index contributed by atoms with van der Waals surface area (Å²) in [7, 11) is 0. The molecule has 1 rings (SSSR count). The molecule has 0 saturated carbocycles. The quantitative estimate of drug-likeness (QED) is 0.503. The molecule has 1 saturated heterocycles. The van der Waals surface area contributed by atoms with E-state index in [1.165, 1.54) is 6.08 Å². The number of hydrogen-bond acceptors (Lipinski definition) is 4. The number of isocyanates is 1. The minimum atomic E-state index is -1.06. The Balaban J connectivity index is 2.62. The SMILES string of the molecule is O=C=NC(C(=O)O)C1CCOCC1. The largest absolute Gasteiger partial charge is 0.480 e. The summed E-state index contributed by atoms with van der Waals surface area (Å²) < 4.78 is 5.07. The maximum atomic E-state index is 10.7. The second kappa shape index (κ2) is 4.74. The molecule has 0 radical (unpaired) electrons. The zero-order valence-electron chi connectivity index (χ0n) is 7.10. The molecule has 72 valence electrons. The summed E-state index contributed by atoms with van der Waals surface area (Å²) in [5, 5.41) is 8.74. The van der Waals surface area contributed by atoms with Gasteiger partial charge in [-0.05, 0) is 18.8 Å². The van der Waals surface area contributed by atoms with E-state index in [-0.39, 0.29) is 5.92 Å². The van der Waals surface area contributed by atoms with Crippen LogP contribution in [0.2, 0.25) is 0 Å². The molecule has 1 aliphatic rings. The number of nitrogens with zero attached hydrogens (tertiary/aromatic N) is 1. The van der Waals surface area contributed by atoms with Crippen molar-refractivity contribution in [3.05, 3.63) is 0 Å². The highest BCUT2D eigenvalue weighted by atomic mass is 16.5. The van der Waals surface area contributed by atoms with Gasteiger partial charge in [-0.3, -0.25) is 0 Å². The Bertz CT molecular complexity index is 226. The molecule has 1 unspecified atom stereocenters. The standard InChI is InChI=1S/C8H11NO4/c10-5-9-7(8(11)12)6-1-3-13-4-2-6/h6-7H,1-4H2,(H,11,12). The third-order valence-corrected chi connectivity index (χ3v) is 2.16. The topological polar surface area (TPSA) is 76.0 Å². The molecule has 1 heterocycles. The van der Waals surface area contributed by atoms with Crippen molar-refractivity contribution in [3.8, 4) is 0 Å². The molecule has 0 amide bonds. The van der Waals surface area contributed by atoms with Crippen LogP contribution in [-0.2, 0) is 14.3 Å². The lowest BCUT2D eigenvalue weighted by Gasteiger charge is -2.23. The Morgan fingerprint density at radius 3 is 2.62 bits per heavy atom. The van der Waals surface area contributed by atoms with E-state index in [1.807, 2.05) is 0 Å². The molecule has 0 aromatic heterocycles.